The van der Waals surface area contributed by atoms with Gasteiger partial charge in [-0.1, -0.05) is 65.0 Å². The Balaban J connectivity index is 2.38. The van der Waals surface area contributed by atoms with Crippen molar-refractivity contribution in [2.24, 2.45) is 5.41 Å². The van der Waals surface area contributed by atoms with E-state index in [4.69, 9.17) is 4.74 Å². The number of hydrogen-bond acceptors (Lipinski definition) is 4. The molecule has 0 saturated carbocycles. The maximum absolute atomic E-state index is 12.6. The summed E-state index contributed by atoms with van der Waals surface area (Å²) in [7, 11) is -3.32. The molecule has 2 aromatic carbocycles. The number of aryl methyl sites for hydroxylation is 2. The molecule has 1 unspecified atom stereocenters. The van der Waals surface area contributed by atoms with Crippen LogP contribution in [-0.2, 0) is 26.8 Å². The molecule has 0 aliphatic rings. The number of nitrogens with one attached hydrogen (secondary N) is 1. The molecule has 200 valence electrons. The zero-order valence-corrected chi connectivity index (χ0v) is 24.6. The fourth-order valence-corrected chi connectivity index (χ4v) is 5.39. The normalized spacial score (nSPS) is 13.6. The van der Waals surface area contributed by atoms with E-state index in [1.165, 1.54) is 11.1 Å². The molecular formula is C30H45NO4S. The summed E-state index contributed by atoms with van der Waals surface area (Å²) in [4.78, 5) is 12.6. The van der Waals surface area contributed by atoms with Gasteiger partial charge in [0.1, 0.15) is 5.75 Å². The van der Waals surface area contributed by atoms with Gasteiger partial charge in [0.15, 0.2) is 11.9 Å². The number of carbonyl (C=O) groups excluding carboxylic acids is 1. The highest BCUT2D eigenvalue weighted by Gasteiger charge is 2.32. The van der Waals surface area contributed by atoms with Gasteiger partial charge < -0.3 is 4.74 Å². The molecule has 2 aromatic rings. The second kappa shape index (κ2) is 11.5. The highest BCUT2D eigenvalue weighted by atomic mass is 32.2. The molecule has 0 saturated heterocycles. The highest BCUT2D eigenvalue weighted by molar-refractivity contribution is 7.90. The minimum absolute atomic E-state index is 0.0775. The van der Waals surface area contributed by atoms with E-state index < -0.39 is 26.8 Å². The van der Waals surface area contributed by atoms with Gasteiger partial charge in [-0.2, -0.15) is 0 Å². The Morgan fingerprint density at radius 2 is 1.44 bits per heavy atom. The lowest BCUT2D eigenvalue weighted by atomic mass is 9.70. The fourth-order valence-electron chi connectivity index (χ4n) is 4.70. The first-order chi connectivity index (χ1) is 16.6. The van der Waals surface area contributed by atoms with Crippen LogP contribution in [-0.4, -0.2) is 25.6 Å². The number of benzene rings is 2. The average Bonchev–Trinajstić information content (AvgIpc) is 2.80. The van der Waals surface area contributed by atoms with Crippen LogP contribution >= 0.6 is 0 Å². The molecular weight excluding hydrogens is 470 g/mol. The summed E-state index contributed by atoms with van der Waals surface area (Å²) in [5.74, 6) is 0.808. The molecule has 0 radical (unpaired) electrons. The Labute approximate surface area is 219 Å². The molecule has 0 aliphatic carbocycles. The Morgan fingerprint density at radius 3 is 1.89 bits per heavy atom. The zero-order valence-electron chi connectivity index (χ0n) is 23.8. The minimum Gasteiger partial charge on any atom is -0.483 e. The predicted octanol–water partition coefficient (Wildman–Crippen LogP) is 6.62. The molecule has 6 heteroatoms. The van der Waals surface area contributed by atoms with E-state index in [1.807, 2.05) is 53.7 Å². The minimum atomic E-state index is -3.32. The maximum Gasteiger partial charge on any atom is 0.214 e. The first kappa shape index (κ1) is 30.0. The van der Waals surface area contributed by atoms with Crippen molar-refractivity contribution < 1.29 is 17.9 Å². The third-order valence-corrected chi connectivity index (χ3v) is 9.11. The molecule has 0 bridgehead atoms. The van der Waals surface area contributed by atoms with Crippen molar-refractivity contribution in [3.8, 4) is 5.75 Å². The van der Waals surface area contributed by atoms with Crippen molar-refractivity contribution in [1.29, 1.82) is 0 Å². The second-order valence-electron chi connectivity index (χ2n) is 11.2. The summed E-state index contributed by atoms with van der Waals surface area (Å²) in [6, 6.07) is 12.6. The van der Waals surface area contributed by atoms with Crippen LogP contribution in [0.1, 0.15) is 96.0 Å². The largest absolute Gasteiger partial charge is 0.483 e. The van der Waals surface area contributed by atoms with Crippen molar-refractivity contribution in [2.75, 3.05) is 0 Å². The standard InChI is InChI=1S/C30H45NO4S/c1-11-30(12-2,25-14-13-24(21(5)17-25)19-31-36(33,34)20(3)4)26-15-16-27(22(6)18-26)35-23(7)28(32)29(8,9)10/h13-18,20,23,31H,11-12,19H2,1-10H3. The number of hydrogen-bond donors (Lipinski definition) is 1. The van der Waals surface area contributed by atoms with Gasteiger partial charge >= 0.3 is 0 Å². The first-order valence-electron chi connectivity index (χ1n) is 13.0. The predicted molar refractivity (Wildman–Crippen MR) is 149 cm³/mol. The second-order valence-corrected chi connectivity index (χ2v) is 13.5. The van der Waals surface area contributed by atoms with Crippen molar-refractivity contribution in [3.63, 3.8) is 0 Å². The van der Waals surface area contributed by atoms with Gasteiger partial charge in [0.25, 0.3) is 0 Å². The number of sulfonamides is 1. The van der Waals surface area contributed by atoms with Crippen LogP contribution < -0.4 is 9.46 Å². The molecule has 1 atom stereocenters. The summed E-state index contributed by atoms with van der Waals surface area (Å²) >= 11 is 0. The van der Waals surface area contributed by atoms with E-state index in [2.05, 4.69) is 42.8 Å². The lowest BCUT2D eigenvalue weighted by Crippen LogP contribution is -2.34. The van der Waals surface area contributed by atoms with Crippen LogP contribution in [0.25, 0.3) is 0 Å². The van der Waals surface area contributed by atoms with Crippen LogP contribution in [0.2, 0.25) is 0 Å². The molecule has 0 aliphatic heterocycles. The van der Waals surface area contributed by atoms with Crippen LogP contribution in [0.15, 0.2) is 36.4 Å². The smallest absolute Gasteiger partial charge is 0.214 e. The number of ketones is 1. The maximum atomic E-state index is 12.6. The van der Waals surface area contributed by atoms with Crippen LogP contribution in [0.5, 0.6) is 5.75 Å². The van der Waals surface area contributed by atoms with Crippen molar-refractivity contribution in [1.82, 2.24) is 4.72 Å². The van der Waals surface area contributed by atoms with Crippen LogP contribution in [0, 0.1) is 19.3 Å². The van der Waals surface area contributed by atoms with Gasteiger partial charge in [-0.05, 0) is 81.3 Å². The number of ether oxygens (including phenoxy) is 1. The number of Topliss-reactive ketones (excluding diaryl/α,β-unsaturated/α-hetero) is 1. The van der Waals surface area contributed by atoms with E-state index in [1.54, 1.807) is 13.8 Å². The first-order valence-corrected chi connectivity index (χ1v) is 14.5. The molecule has 1 N–H and O–H groups in total. The monoisotopic (exact) mass is 515 g/mol. The lowest BCUT2D eigenvalue weighted by molar-refractivity contribution is -0.132. The molecule has 5 nitrogen and oxygen atoms in total. The number of carbonyl (C=O) groups is 1. The van der Waals surface area contributed by atoms with Crippen molar-refractivity contribution >= 4 is 15.8 Å². The van der Waals surface area contributed by atoms with E-state index in [-0.39, 0.29) is 17.7 Å². The summed E-state index contributed by atoms with van der Waals surface area (Å²) in [5, 5.41) is -0.463. The summed E-state index contributed by atoms with van der Waals surface area (Å²) < 4.78 is 33.2. The van der Waals surface area contributed by atoms with E-state index in [0.29, 0.717) is 0 Å². The highest BCUT2D eigenvalue weighted by Crippen LogP contribution is 2.41. The molecule has 0 amide bonds. The summed E-state index contributed by atoms with van der Waals surface area (Å²) in [6.07, 6.45) is 1.32. The topological polar surface area (TPSA) is 72.5 Å². The van der Waals surface area contributed by atoms with Gasteiger partial charge in [0, 0.05) is 17.4 Å². The fraction of sp³-hybridized carbons (Fsp3) is 0.567. The van der Waals surface area contributed by atoms with Crippen LogP contribution in [0.3, 0.4) is 0 Å². The van der Waals surface area contributed by atoms with Gasteiger partial charge in [0.05, 0.1) is 5.25 Å². The van der Waals surface area contributed by atoms with Crippen LogP contribution in [0.4, 0.5) is 0 Å². The molecule has 0 spiro atoms. The van der Waals surface area contributed by atoms with Crippen molar-refractivity contribution in [3.05, 3.63) is 64.2 Å². The Hall–Kier alpha value is -2.18. The van der Waals surface area contributed by atoms with Crippen molar-refractivity contribution in [2.45, 2.75) is 105 Å². The van der Waals surface area contributed by atoms with E-state index in [0.717, 1.165) is 35.3 Å². The van der Waals surface area contributed by atoms with Gasteiger partial charge in [-0.3, -0.25) is 4.79 Å². The summed E-state index contributed by atoms with van der Waals surface area (Å²) in [6.45, 7) is 19.7. The van der Waals surface area contributed by atoms with E-state index >= 15 is 0 Å². The Bertz CT molecular complexity index is 1170. The Kier molecular flexibility index (Phi) is 9.58. The molecule has 0 heterocycles. The SMILES string of the molecule is CCC(CC)(c1ccc(CNS(=O)(=O)C(C)C)c(C)c1)c1ccc(OC(C)C(=O)C(C)(C)C)c(C)c1. The molecule has 36 heavy (non-hydrogen) atoms. The molecule has 2 rings (SSSR count). The number of rotatable bonds is 11. The quantitative estimate of drug-likeness (QED) is 0.365. The lowest BCUT2D eigenvalue weighted by Gasteiger charge is -2.34. The van der Waals surface area contributed by atoms with Gasteiger partial charge in [0.2, 0.25) is 10.0 Å². The zero-order chi connectivity index (χ0) is 27.5. The summed E-state index contributed by atoms with van der Waals surface area (Å²) in [5.41, 5.74) is 4.83. The van der Waals surface area contributed by atoms with E-state index in [9.17, 15) is 13.2 Å². The van der Waals surface area contributed by atoms with Gasteiger partial charge in [-0.15, -0.1) is 0 Å². The third kappa shape index (κ3) is 6.57. The van der Waals surface area contributed by atoms with Gasteiger partial charge in [-0.25, -0.2) is 13.1 Å². The molecule has 0 fully saturated rings. The average molecular weight is 516 g/mol. The molecule has 0 aromatic heterocycles. The third-order valence-electron chi connectivity index (χ3n) is 7.33. The Morgan fingerprint density at radius 1 is 0.917 bits per heavy atom.